The molecule has 2 aromatic rings. The average Bonchev–Trinajstić information content (AvgIpc) is 2.74. The van der Waals surface area contributed by atoms with Gasteiger partial charge in [0.15, 0.2) is 0 Å². The van der Waals surface area contributed by atoms with Crippen LogP contribution < -0.4 is 0 Å². The van der Waals surface area contributed by atoms with Crippen molar-refractivity contribution >= 4 is 0 Å². The van der Waals surface area contributed by atoms with Crippen molar-refractivity contribution < 1.29 is 9.84 Å². The smallest absolute Gasteiger partial charge is 0.0919 e. The van der Waals surface area contributed by atoms with Crippen molar-refractivity contribution in [2.75, 3.05) is 13.2 Å². The molecular formula is C18H20O2. The molecule has 2 nitrogen and oxygen atoms in total. The van der Waals surface area contributed by atoms with Crippen LogP contribution in [-0.4, -0.2) is 18.3 Å². The van der Waals surface area contributed by atoms with Crippen molar-refractivity contribution in [3.63, 3.8) is 0 Å². The van der Waals surface area contributed by atoms with Crippen LogP contribution in [0.1, 0.15) is 24.8 Å². The van der Waals surface area contributed by atoms with Crippen molar-refractivity contribution in [3.8, 4) is 11.1 Å². The zero-order chi connectivity index (χ0) is 13.8. The van der Waals surface area contributed by atoms with Crippen molar-refractivity contribution in [2.45, 2.75) is 24.9 Å². The van der Waals surface area contributed by atoms with Crippen LogP contribution >= 0.6 is 0 Å². The topological polar surface area (TPSA) is 29.5 Å². The lowest BCUT2D eigenvalue weighted by Gasteiger charge is -2.26. The summed E-state index contributed by atoms with van der Waals surface area (Å²) < 4.78 is 5.44. The van der Waals surface area contributed by atoms with Crippen molar-refractivity contribution in [2.24, 2.45) is 0 Å². The molecular weight excluding hydrogens is 248 g/mol. The molecule has 0 aliphatic carbocycles. The molecule has 1 saturated heterocycles. The van der Waals surface area contributed by atoms with E-state index in [0.29, 0.717) is 13.0 Å². The summed E-state index contributed by atoms with van der Waals surface area (Å²) in [5.74, 6) is 0. The van der Waals surface area contributed by atoms with Gasteiger partial charge in [-0.05, 0) is 29.5 Å². The standard InChI is InChI=1S/C18H20O2/c19-18(11-4-13-20-14-12-18)17-9-7-16(8-10-17)15-5-2-1-3-6-15/h1-3,5-10,19H,4,11-14H2. The Balaban J connectivity index is 1.85. The van der Waals surface area contributed by atoms with Crippen LogP contribution in [0, 0.1) is 0 Å². The fraction of sp³-hybridized carbons (Fsp3) is 0.333. The molecule has 0 aromatic heterocycles. The van der Waals surface area contributed by atoms with E-state index in [9.17, 15) is 5.11 Å². The van der Waals surface area contributed by atoms with Gasteiger partial charge in [-0.25, -0.2) is 0 Å². The fourth-order valence-corrected chi connectivity index (χ4v) is 2.83. The Morgan fingerprint density at radius 3 is 2.25 bits per heavy atom. The maximum absolute atomic E-state index is 10.8. The predicted molar refractivity (Wildman–Crippen MR) is 80.4 cm³/mol. The van der Waals surface area contributed by atoms with Gasteiger partial charge in [0.1, 0.15) is 0 Å². The molecule has 2 aromatic carbocycles. The minimum atomic E-state index is -0.730. The minimum absolute atomic E-state index is 0.636. The second-order valence-electron chi connectivity index (χ2n) is 5.44. The quantitative estimate of drug-likeness (QED) is 0.899. The second kappa shape index (κ2) is 5.78. The average molecular weight is 268 g/mol. The van der Waals surface area contributed by atoms with E-state index in [4.69, 9.17) is 4.74 Å². The second-order valence-corrected chi connectivity index (χ2v) is 5.44. The van der Waals surface area contributed by atoms with E-state index in [1.807, 2.05) is 30.3 Å². The maximum Gasteiger partial charge on any atom is 0.0919 e. The number of hydrogen-bond acceptors (Lipinski definition) is 2. The van der Waals surface area contributed by atoms with E-state index in [0.717, 1.165) is 25.0 Å². The molecule has 1 N–H and O–H groups in total. The van der Waals surface area contributed by atoms with Crippen LogP contribution in [0.15, 0.2) is 54.6 Å². The van der Waals surface area contributed by atoms with E-state index >= 15 is 0 Å². The zero-order valence-electron chi connectivity index (χ0n) is 11.6. The Bertz CT molecular complexity index is 537. The monoisotopic (exact) mass is 268 g/mol. The first kappa shape index (κ1) is 13.3. The van der Waals surface area contributed by atoms with Crippen LogP contribution in [0.3, 0.4) is 0 Å². The minimum Gasteiger partial charge on any atom is -0.385 e. The van der Waals surface area contributed by atoms with Gasteiger partial charge in [0.05, 0.1) is 5.60 Å². The largest absolute Gasteiger partial charge is 0.385 e. The number of benzene rings is 2. The third-order valence-corrected chi connectivity index (χ3v) is 4.07. The van der Waals surface area contributed by atoms with E-state index < -0.39 is 5.60 Å². The molecule has 2 heteroatoms. The van der Waals surface area contributed by atoms with Gasteiger partial charge in [0, 0.05) is 19.6 Å². The molecule has 104 valence electrons. The highest BCUT2D eigenvalue weighted by Crippen LogP contribution is 2.33. The van der Waals surface area contributed by atoms with Gasteiger partial charge in [-0.3, -0.25) is 0 Å². The van der Waals surface area contributed by atoms with Crippen molar-refractivity contribution in [1.82, 2.24) is 0 Å². The summed E-state index contributed by atoms with van der Waals surface area (Å²) in [6.45, 7) is 1.39. The molecule has 1 aliphatic heterocycles. The van der Waals surface area contributed by atoms with Crippen LogP contribution in [0.5, 0.6) is 0 Å². The summed E-state index contributed by atoms with van der Waals surface area (Å²) in [7, 11) is 0. The summed E-state index contributed by atoms with van der Waals surface area (Å²) in [5.41, 5.74) is 2.66. The molecule has 1 atom stereocenters. The molecule has 1 aliphatic rings. The van der Waals surface area contributed by atoms with Gasteiger partial charge in [-0.1, -0.05) is 54.6 Å². The molecule has 1 fully saturated rings. The Morgan fingerprint density at radius 2 is 1.50 bits per heavy atom. The Labute approximate surface area is 120 Å². The number of aliphatic hydroxyl groups is 1. The lowest BCUT2D eigenvalue weighted by atomic mass is 9.86. The number of ether oxygens (including phenoxy) is 1. The van der Waals surface area contributed by atoms with Crippen LogP contribution in [0.2, 0.25) is 0 Å². The van der Waals surface area contributed by atoms with Gasteiger partial charge in [-0.2, -0.15) is 0 Å². The SMILES string of the molecule is OC1(c2ccc(-c3ccccc3)cc2)CCCOCC1. The molecule has 1 heterocycles. The normalized spacial score (nSPS) is 23.2. The first-order chi connectivity index (χ1) is 9.78. The summed E-state index contributed by atoms with van der Waals surface area (Å²) in [4.78, 5) is 0. The lowest BCUT2D eigenvalue weighted by molar-refractivity contribution is 0.0144. The molecule has 0 bridgehead atoms. The van der Waals surface area contributed by atoms with Crippen molar-refractivity contribution in [3.05, 3.63) is 60.2 Å². The first-order valence-electron chi connectivity index (χ1n) is 7.24. The highest BCUT2D eigenvalue weighted by atomic mass is 16.5. The van der Waals surface area contributed by atoms with E-state index in [-0.39, 0.29) is 0 Å². The third-order valence-electron chi connectivity index (χ3n) is 4.07. The van der Waals surface area contributed by atoms with Crippen LogP contribution in [0.25, 0.3) is 11.1 Å². The van der Waals surface area contributed by atoms with Gasteiger partial charge in [-0.15, -0.1) is 0 Å². The summed E-state index contributed by atoms with van der Waals surface area (Å²) in [5, 5.41) is 10.8. The van der Waals surface area contributed by atoms with E-state index in [1.165, 1.54) is 11.1 Å². The summed E-state index contributed by atoms with van der Waals surface area (Å²) in [6, 6.07) is 18.6. The Hall–Kier alpha value is -1.64. The molecule has 20 heavy (non-hydrogen) atoms. The first-order valence-corrected chi connectivity index (χ1v) is 7.24. The summed E-state index contributed by atoms with van der Waals surface area (Å²) >= 11 is 0. The molecule has 3 rings (SSSR count). The maximum atomic E-state index is 10.8. The predicted octanol–water partition coefficient (Wildman–Crippen LogP) is 3.74. The van der Waals surface area contributed by atoms with Crippen LogP contribution in [-0.2, 0) is 10.3 Å². The zero-order valence-corrected chi connectivity index (χ0v) is 11.6. The van der Waals surface area contributed by atoms with Crippen molar-refractivity contribution in [1.29, 1.82) is 0 Å². The number of hydrogen-bond donors (Lipinski definition) is 1. The fourth-order valence-electron chi connectivity index (χ4n) is 2.83. The Morgan fingerprint density at radius 1 is 0.800 bits per heavy atom. The van der Waals surface area contributed by atoms with Crippen LogP contribution in [0.4, 0.5) is 0 Å². The van der Waals surface area contributed by atoms with Gasteiger partial charge < -0.3 is 9.84 Å². The third kappa shape index (κ3) is 2.77. The highest BCUT2D eigenvalue weighted by molar-refractivity contribution is 5.63. The number of rotatable bonds is 2. The van der Waals surface area contributed by atoms with E-state index in [1.54, 1.807) is 0 Å². The van der Waals surface area contributed by atoms with Gasteiger partial charge >= 0.3 is 0 Å². The molecule has 0 saturated carbocycles. The highest BCUT2D eigenvalue weighted by Gasteiger charge is 2.30. The Kier molecular flexibility index (Phi) is 3.86. The van der Waals surface area contributed by atoms with Gasteiger partial charge in [0.2, 0.25) is 0 Å². The molecule has 0 spiro atoms. The summed E-state index contributed by atoms with van der Waals surface area (Å²) in [6.07, 6.45) is 2.37. The molecule has 0 radical (unpaired) electrons. The van der Waals surface area contributed by atoms with Gasteiger partial charge in [0.25, 0.3) is 0 Å². The lowest BCUT2D eigenvalue weighted by Crippen LogP contribution is -2.25. The molecule has 1 unspecified atom stereocenters. The van der Waals surface area contributed by atoms with E-state index in [2.05, 4.69) is 24.3 Å². The molecule has 0 amide bonds.